The van der Waals surface area contributed by atoms with E-state index >= 15 is 0 Å². The van der Waals surface area contributed by atoms with Gasteiger partial charge in [0.05, 0.1) is 18.6 Å². The highest BCUT2D eigenvalue weighted by Gasteiger charge is 2.26. The summed E-state index contributed by atoms with van der Waals surface area (Å²) in [5.74, 6) is -0.956. The summed E-state index contributed by atoms with van der Waals surface area (Å²) in [6.45, 7) is 8.76. The summed E-state index contributed by atoms with van der Waals surface area (Å²) in [7, 11) is 0. The summed E-state index contributed by atoms with van der Waals surface area (Å²) >= 11 is 0. The molecule has 1 heterocycles. The van der Waals surface area contributed by atoms with Crippen molar-refractivity contribution in [3.05, 3.63) is 36.0 Å². The van der Waals surface area contributed by atoms with Crippen LogP contribution in [-0.2, 0) is 19.1 Å². The van der Waals surface area contributed by atoms with Crippen molar-refractivity contribution in [2.75, 3.05) is 0 Å². The van der Waals surface area contributed by atoms with E-state index in [9.17, 15) is 19.8 Å². The SMILES string of the molecule is CC(=O)OC1C=CC(C)C(C(C)=CC=CC(C)O)OC(=O)CC(O)CCC1C. The van der Waals surface area contributed by atoms with Crippen LogP contribution >= 0.6 is 0 Å². The van der Waals surface area contributed by atoms with E-state index in [1.54, 1.807) is 25.2 Å². The van der Waals surface area contributed by atoms with Gasteiger partial charge in [-0.2, -0.15) is 0 Å². The van der Waals surface area contributed by atoms with Crippen molar-refractivity contribution in [2.24, 2.45) is 11.8 Å². The van der Waals surface area contributed by atoms with E-state index in [4.69, 9.17) is 9.47 Å². The number of allylic oxidation sites excluding steroid dienone is 2. The number of esters is 2. The fourth-order valence-electron chi connectivity index (χ4n) is 3.10. The zero-order valence-corrected chi connectivity index (χ0v) is 17.5. The molecule has 1 rings (SSSR count). The molecule has 0 spiro atoms. The number of cyclic esters (lactones) is 1. The van der Waals surface area contributed by atoms with Gasteiger partial charge >= 0.3 is 11.9 Å². The average Bonchev–Trinajstić information content (AvgIpc) is 2.59. The molecule has 0 saturated carbocycles. The second kappa shape index (κ2) is 11.8. The third kappa shape index (κ3) is 8.85. The van der Waals surface area contributed by atoms with Gasteiger partial charge in [0.1, 0.15) is 12.2 Å². The lowest BCUT2D eigenvalue weighted by molar-refractivity contribution is -0.151. The first-order valence-electron chi connectivity index (χ1n) is 9.86. The minimum Gasteiger partial charge on any atom is -0.458 e. The lowest BCUT2D eigenvalue weighted by Gasteiger charge is -2.27. The fourth-order valence-corrected chi connectivity index (χ4v) is 3.10. The Bertz CT molecular complexity index is 604. The summed E-state index contributed by atoms with van der Waals surface area (Å²) in [4.78, 5) is 23.7. The normalized spacial score (nSPS) is 31.6. The van der Waals surface area contributed by atoms with Gasteiger partial charge in [0, 0.05) is 12.8 Å². The third-order valence-corrected chi connectivity index (χ3v) is 4.76. The quantitative estimate of drug-likeness (QED) is 0.432. The molecule has 0 aromatic rings. The van der Waals surface area contributed by atoms with Gasteiger partial charge in [-0.05, 0) is 44.3 Å². The number of ether oxygens (including phenoxy) is 2. The van der Waals surface area contributed by atoms with E-state index in [0.717, 1.165) is 5.57 Å². The maximum absolute atomic E-state index is 12.3. The summed E-state index contributed by atoms with van der Waals surface area (Å²) in [6, 6.07) is 0. The highest BCUT2D eigenvalue weighted by molar-refractivity contribution is 5.70. The van der Waals surface area contributed by atoms with Gasteiger partial charge in [0.2, 0.25) is 0 Å². The van der Waals surface area contributed by atoms with Crippen LogP contribution in [0.25, 0.3) is 0 Å². The maximum atomic E-state index is 12.3. The van der Waals surface area contributed by atoms with E-state index in [0.29, 0.717) is 12.8 Å². The average molecular weight is 395 g/mol. The van der Waals surface area contributed by atoms with E-state index in [2.05, 4.69) is 0 Å². The molecule has 0 aromatic carbocycles. The minimum atomic E-state index is -0.799. The molecule has 0 fully saturated rings. The van der Waals surface area contributed by atoms with Gasteiger partial charge in [-0.3, -0.25) is 9.59 Å². The lowest BCUT2D eigenvalue weighted by atomic mass is 9.92. The summed E-state index contributed by atoms with van der Waals surface area (Å²) in [5, 5.41) is 19.5. The summed E-state index contributed by atoms with van der Waals surface area (Å²) < 4.78 is 11.1. The van der Waals surface area contributed by atoms with Crippen molar-refractivity contribution < 1.29 is 29.3 Å². The Morgan fingerprint density at radius 1 is 1.29 bits per heavy atom. The number of carbonyl (C=O) groups is 2. The standard InChI is InChI=1S/C22H34O6/c1-14-9-11-19(25)13-21(26)28-22(15(2)7-6-8-17(4)23)16(3)10-12-20(14)27-18(5)24/h6-8,10,12,14,16-17,19-20,22-23,25H,9,11,13H2,1-5H3. The Kier molecular flexibility index (Phi) is 10.2. The van der Waals surface area contributed by atoms with Gasteiger partial charge in [0.15, 0.2) is 0 Å². The van der Waals surface area contributed by atoms with Gasteiger partial charge in [-0.25, -0.2) is 0 Å². The molecule has 6 unspecified atom stereocenters. The van der Waals surface area contributed by atoms with Crippen LogP contribution in [0.5, 0.6) is 0 Å². The van der Waals surface area contributed by atoms with Crippen LogP contribution in [0.4, 0.5) is 0 Å². The molecule has 0 saturated heterocycles. The third-order valence-electron chi connectivity index (χ3n) is 4.76. The smallest absolute Gasteiger partial charge is 0.309 e. The Balaban J connectivity index is 3.14. The molecule has 0 radical (unpaired) electrons. The van der Waals surface area contributed by atoms with Crippen LogP contribution in [0.2, 0.25) is 0 Å². The minimum absolute atomic E-state index is 0.0153. The molecule has 6 heteroatoms. The molecule has 6 atom stereocenters. The van der Waals surface area contributed by atoms with Crippen molar-refractivity contribution in [1.29, 1.82) is 0 Å². The van der Waals surface area contributed by atoms with Gasteiger partial charge in [0.25, 0.3) is 0 Å². The second-order valence-electron chi connectivity index (χ2n) is 7.68. The molecular weight excluding hydrogens is 360 g/mol. The Hall–Kier alpha value is -1.92. The molecular formula is C22H34O6. The van der Waals surface area contributed by atoms with E-state index in [-0.39, 0.29) is 24.2 Å². The zero-order valence-electron chi connectivity index (χ0n) is 17.5. The molecule has 0 bridgehead atoms. The topological polar surface area (TPSA) is 93.1 Å². The first-order valence-corrected chi connectivity index (χ1v) is 9.86. The van der Waals surface area contributed by atoms with Crippen LogP contribution in [0, 0.1) is 11.8 Å². The second-order valence-corrected chi connectivity index (χ2v) is 7.68. The molecule has 1 aliphatic rings. The number of aliphatic hydroxyl groups excluding tert-OH is 2. The molecule has 28 heavy (non-hydrogen) atoms. The van der Waals surface area contributed by atoms with E-state index in [1.807, 2.05) is 32.9 Å². The van der Waals surface area contributed by atoms with Gasteiger partial charge in [-0.1, -0.05) is 38.2 Å². The molecule has 1 aliphatic heterocycles. The van der Waals surface area contributed by atoms with Crippen LogP contribution in [0.3, 0.4) is 0 Å². The lowest BCUT2D eigenvalue weighted by Crippen LogP contribution is -2.30. The highest BCUT2D eigenvalue weighted by atomic mass is 16.5. The number of rotatable bonds is 4. The van der Waals surface area contributed by atoms with Gasteiger partial charge in [-0.15, -0.1) is 0 Å². The number of hydrogen-bond acceptors (Lipinski definition) is 6. The van der Waals surface area contributed by atoms with Crippen LogP contribution in [0.1, 0.15) is 53.9 Å². The Morgan fingerprint density at radius 2 is 1.96 bits per heavy atom. The highest BCUT2D eigenvalue weighted by Crippen LogP contribution is 2.24. The molecule has 0 amide bonds. The first kappa shape index (κ1) is 24.1. The molecule has 0 aromatic heterocycles. The zero-order chi connectivity index (χ0) is 21.3. The maximum Gasteiger partial charge on any atom is 0.309 e. The predicted octanol–water partition coefficient (Wildman–Crippen LogP) is 3.09. The number of hydrogen-bond donors (Lipinski definition) is 2. The Labute approximate surface area is 167 Å². The van der Waals surface area contributed by atoms with E-state index in [1.165, 1.54) is 6.92 Å². The first-order chi connectivity index (χ1) is 13.1. The monoisotopic (exact) mass is 394 g/mol. The summed E-state index contributed by atoms with van der Waals surface area (Å²) in [5.41, 5.74) is 0.811. The summed E-state index contributed by atoms with van der Waals surface area (Å²) in [6.07, 6.45) is 7.56. The molecule has 158 valence electrons. The fraction of sp³-hybridized carbons (Fsp3) is 0.636. The molecule has 0 aliphatic carbocycles. The molecule has 6 nitrogen and oxygen atoms in total. The largest absolute Gasteiger partial charge is 0.458 e. The number of carbonyl (C=O) groups excluding carboxylic acids is 2. The van der Waals surface area contributed by atoms with Crippen molar-refractivity contribution >= 4 is 11.9 Å². The molecule has 2 N–H and O–H groups in total. The Morgan fingerprint density at radius 3 is 2.57 bits per heavy atom. The van der Waals surface area contributed by atoms with Crippen LogP contribution in [-0.4, -0.2) is 46.6 Å². The van der Waals surface area contributed by atoms with Crippen molar-refractivity contribution in [1.82, 2.24) is 0 Å². The van der Waals surface area contributed by atoms with Crippen molar-refractivity contribution in [3.63, 3.8) is 0 Å². The number of aliphatic hydroxyl groups is 2. The van der Waals surface area contributed by atoms with Crippen molar-refractivity contribution in [2.45, 2.75) is 78.3 Å². The van der Waals surface area contributed by atoms with Crippen molar-refractivity contribution in [3.8, 4) is 0 Å². The van der Waals surface area contributed by atoms with Crippen LogP contribution < -0.4 is 0 Å². The van der Waals surface area contributed by atoms with E-state index < -0.39 is 30.4 Å². The predicted molar refractivity (Wildman–Crippen MR) is 107 cm³/mol. The van der Waals surface area contributed by atoms with Crippen LogP contribution in [0.15, 0.2) is 36.0 Å². The van der Waals surface area contributed by atoms with Gasteiger partial charge < -0.3 is 19.7 Å².